The number of fused-ring (bicyclic) bond motifs is 1. The number of hydrogen-bond donors (Lipinski definition) is 1. The van der Waals surface area contributed by atoms with Gasteiger partial charge in [-0.1, -0.05) is 35.9 Å². The van der Waals surface area contributed by atoms with Crippen molar-refractivity contribution >= 4 is 22.6 Å². The van der Waals surface area contributed by atoms with Crippen LogP contribution in [-0.2, 0) is 13.5 Å². The van der Waals surface area contributed by atoms with Crippen LogP contribution in [0, 0.1) is 6.92 Å². The van der Waals surface area contributed by atoms with Crippen LogP contribution in [-0.4, -0.2) is 14.7 Å². The van der Waals surface area contributed by atoms with Gasteiger partial charge >= 0.3 is 0 Å². The number of aryl methyl sites for hydroxylation is 2. The number of hydrogen-bond acceptors (Lipinski definition) is 2. The van der Waals surface area contributed by atoms with Gasteiger partial charge < -0.3 is 9.67 Å². The molecule has 0 aliphatic rings. The van der Waals surface area contributed by atoms with Crippen molar-refractivity contribution in [3.8, 4) is 0 Å². The molecule has 1 atom stereocenters. The molecule has 3 aromatic rings. The van der Waals surface area contributed by atoms with Gasteiger partial charge in [-0.2, -0.15) is 0 Å². The van der Waals surface area contributed by atoms with Gasteiger partial charge in [-0.05, 0) is 36.2 Å². The standard InChI is InChI=1S/C17H17ClN2O/c1-11-9-12(7-8-13(11)18)16(21)10-17-19-14-5-3-4-6-15(14)20(17)2/h3-9,16,21H,10H2,1-2H3. The van der Waals surface area contributed by atoms with E-state index in [0.29, 0.717) is 11.4 Å². The van der Waals surface area contributed by atoms with E-state index in [2.05, 4.69) is 4.98 Å². The Kier molecular flexibility index (Phi) is 3.70. The predicted molar refractivity (Wildman–Crippen MR) is 85.6 cm³/mol. The second-order valence-corrected chi connectivity index (χ2v) is 5.71. The molecule has 3 rings (SSSR count). The molecule has 3 nitrogen and oxygen atoms in total. The lowest BCUT2D eigenvalue weighted by molar-refractivity contribution is 0.175. The summed E-state index contributed by atoms with van der Waals surface area (Å²) < 4.78 is 2.03. The second-order valence-electron chi connectivity index (χ2n) is 5.30. The lowest BCUT2D eigenvalue weighted by atomic mass is 10.0. The van der Waals surface area contributed by atoms with Crippen molar-refractivity contribution in [2.75, 3.05) is 0 Å². The summed E-state index contributed by atoms with van der Waals surface area (Å²) in [5, 5.41) is 11.2. The average molecular weight is 301 g/mol. The minimum absolute atomic E-state index is 0.478. The highest BCUT2D eigenvalue weighted by Crippen LogP contribution is 2.24. The van der Waals surface area contributed by atoms with Crippen LogP contribution in [0.1, 0.15) is 23.1 Å². The van der Waals surface area contributed by atoms with Crippen molar-refractivity contribution in [1.29, 1.82) is 0 Å². The fourth-order valence-electron chi connectivity index (χ4n) is 2.54. The summed E-state index contributed by atoms with van der Waals surface area (Å²) in [4.78, 5) is 4.59. The van der Waals surface area contributed by atoms with E-state index in [1.54, 1.807) is 0 Å². The molecule has 1 heterocycles. The summed E-state index contributed by atoms with van der Waals surface area (Å²) in [6.07, 6.45) is -0.108. The van der Waals surface area contributed by atoms with E-state index in [9.17, 15) is 5.11 Å². The highest BCUT2D eigenvalue weighted by Gasteiger charge is 2.14. The topological polar surface area (TPSA) is 38.1 Å². The zero-order valence-electron chi connectivity index (χ0n) is 12.0. The first-order valence-corrected chi connectivity index (χ1v) is 7.28. The van der Waals surface area contributed by atoms with E-state index in [1.807, 2.05) is 61.0 Å². The monoisotopic (exact) mass is 300 g/mol. The molecule has 0 radical (unpaired) electrons. The number of para-hydroxylation sites is 2. The quantitative estimate of drug-likeness (QED) is 0.798. The summed E-state index contributed by atoms with van der Waals surface area (Å²) in [5.41, 5.74) is 3.86. The van der Waals surface area contributed by atoms with Crippen LogP contribution in [0.25, 0.3) is 11.0 Å². The Labute approximate surface area is 128 Å². The molecule has 2 aromatic carbocycles. The van der Waals surface area contributed by atoms with Crippen LogP contribution in [0.5, 0.6) is 0 Å². The zero-order valence-corrected chi connectivity index (χ0v) is 12.8. The Morgan fingerprint density at radius 2 is 2.00 bits per heavy atom. The molecule has 0 aliphatic heterocycles. The Morgan fingerprint density at radius 3 is 2.71 bits per heavy atom. The van der Waals surface area contributed by atoms with Crippen molar-refractivity contribution in [2.45, 2.75) is 19.4 Å². The van der Waals surface area contributed by atoms with E-state index in [1.165, 1.54) is 0 Å². The molecule has 4 heteroatoms. The highest BCUT2D eigenvalue weighted by atomic mass is 35.5. The van der Waals surface area contributed by atoms with Crippen LogP contribution in [0.15, 0.2) is 42.5 Å². The first-order chi connectivity index (χ1) is 10.1. The van der Waals surface area contributed by atoms with Crippen molar-refractivity contribution in [2.24, 2.45) is 7.05 Å². The molecule has 0 saturated heterocycles. The molecule has 0 saturated carbocycles. The van der Waals surface area contributed by atoms with Gasteiger partial charge in [0.25, 0.3) is 0 Å². The summed E-state index contributed by atoms with van der Waals surface area (Å²) in [6.45, 7) is 1.94. The van der Waals surface area contributed by atoms with E-state index in [4.69, 9.17) is 11.6 Å². The maximum Gasteiger partial charge on any atom is 0.112 e. The minimum Gasteiger partial charge on any atom is -0.388 e. The molecular formula is C17H17ClN2O. The number of rotatable bonds is 3. The van der Waals surface area contributed by atoms with Gasteiger partial charge in [0.05, 0.1) is 17.1 Å². The van der Waals surface area contributed by atoms with Crippen molar-refractivity contribution < 1.29 is 5.11 Å². The second kappa shape index (κ2) is 5.51. The van der Waals surface area contributed by atoms with Gasteiger partial charge in [-0.15, -0.1) is 0 Å². The van der Waals surface area contributed by atoms with Crippen molar-refractivity contribution in [3.63, 3.8) is 0 Å². The fraction of sp³-hybridized carbons (Fsp3) is 0.235. The molecule has 1 N–H and O–H groups in total. The molecule has 0 spiro atoms. The number of imidazole rings is 1. The molecule has 21 heavy (non-hydrogen) atoms. The maximum absolute atomic E-state index is 10.4. The molecular weight excluding hydrogens is 284 g/mol. The SMILES string of the molecule is Cc1cc(C(O)Cc2nc3ccccc3n2C)ccc1Cl. The first-order valence-electron chi connectivity index (χ1n) is 6.90. The van der Waals surface area contributed by atoms with Gasteiger partial charge in [0.1, 0.15) is 5.82 Å². The van der Waals surface area contributed by atoms with Crippen LogP contribution >= 0.6 is 11.6 Å². The van der Waals surface area contributed by atoms with Crippen LogP contribution in [0.4, 0.5) is 0 Å². The van der Waals surface area contributed by atoms with Crippen LogP contribution in [0.3, 0.4) is 0 Å². The van der Waals surface area contributed by atoms with Crippen molar-refractivity contribution in [1.82, 2.24) is 9.55 Å². The third kappa shape index (κ3) is 2.67. The molecule has 0 bridgehead atoms. The smallest absolute Gasteiger partial charge is 0.112 e. The predicted octanol–water partition coefficient (Wildman–Crippen LogP) is 3.81. The Hall–Kier alpha value is -1.84. The summed E-state index contributed by atoms with van der Waals surface area (Å²) in [7, 11) is 1.98. The molecule has 0 aliphatic carbocycles. The normalized spacial score (nSPS) is 12.8. The van der Waals surface area contributed by atoms with E-state index < -0.39 is 6.10 Å². The summed E-state index contributed by atoms with van der Waals surface area (Å²) in [5.74, 6) is 0.872. The number of aromatic nitrogens is 2. The number of nitrogens with zero attached hydrogens (tertiary/aromatic N) is 2. The summed E-state index contributed by atoms with van der Waals surface area (Å²) in [6, 6.07) is 13.6. The number of benzene rings is 2. The Morgan fingerprint density at radius 1 is 1.24 bits per heavy atom. The van der Waals surface area contributed by atoms with Gasteiger partial charge in [0.2, 0.25) is 0 Å². The number of halogens is 1. The number of aliphatic hydroxyl groups is 1. The zero-order chi connectivity index (χ0) is 15.0. The molecule has 0 fully saturated rings. The van der Waals surface area contributed by atoms with Gasteiger partial charge in [0, 0.05) is 18.5 Å². The Balaban J connectivity index is 1.90. The molecule has 1 unspecified atom stereocenters. The minimum atomic E-state index is -0.587. The molecule has 0 amide bonds. The van der Waals surface area contributed by atoms with Gasteiger partial charge in [-0.25, -0.2) is 4.98 Å². The van der Waals surface area contributed by atoms with Crippen molar-refractivity contribution in [3.05, 3.63) is 64.4 Å². The first kappa shape index (κ1) is 14.1. The molecule has 1 aromatic heterocycles. The number of aliphatic hydroxyl groups excluding tert-OH is 1. The maximum atomic E-state index is 10.4. The highest BCUT2D eigenvalue weighted by molar-refractivity contribution is 6.31. The van der Waals surface area contributed by atoms with Gasteiger partial charge in [0.15, 0.2) is 0 Å². The largest absolute Gasteiger partial charge is 0.388 e. The lowest BCUT2D eigenvalue weighted by Gasteiger charge is -2.12. The van der Waals surface area contributed by atoms with E-state index in [0.717, 1.165) is 28.0 Å². The average Bonchev–Trinajstić information content (AvgIpc) is 2.79. The lowest BCUT2D eigenvalue weighted by Crippen LogP contribution is -2.07. The third-order valence-corrected chi connectivity index (χ3v) is 4.25. The van der Waals surface area contributed by atoms with E-state index >= 15 is 0 Å². The van der Waals surface area contributed by atoms with Crippen LogP contribution < -0.4 is 0 Å². The Bertz CT molecular complexity index is 795. The molecule has 108 valence electrons. The fourth-order valence-corrected chi connectivity index (χ4v) is 2.66. The summed E-state index contributed by atoms with van der Waals surface area (Å²) >= 11 is 6.03. The van der Waals surface area contributed by atoms with E-state index in [-0.39, 0.29) is 0 Å². The van der Waals surface area contributed by atoms with Crippen LogP contribution in [0.2, 0.25) is 5.02 Å². The third-order valence-electron chi connectivity index (χ3n) is 3.82. The van der Waals surface area contributed by atoms with Gasteiger partial charge in [-0.3, -0.25) is 0 Å².